The molecule has 0 spiro atoms. The smallest absolute Gasteiger partial charge is 0.161 e. The van der Waals surface area contributed by atoms with Crippen molar-refractivity contribution >= 4 is 0 Å². The Bertz CT molecular complexity index is 414. The molecule has 0 amide bonds. The third kappa shape index (κ3) is 4.92. The predicted molar refractivity (Wildman–Crippen MR) is 87.4 cm³/mol. The first-order valence-corrected chi connectivity index (χ1v) is 8.53. The molecule has 1 aromatic rings. The van der Waals surface area contributed by atoms with Crippen molar-refractivity contribution in [1.29, 1.82) is 0 Å². The van der Waals surface area contributed by atoms with Crippen LogP contribution in [-0.2, 0) is 6.42 Å². The molecule has 21 heavy (non-hydrogen) atoms. The molecule has 0 aliphatic carbocycles. The molecule has 0 unspecified atom stereocenters. The molecule has 0 radical (unpaired) electrons. The molecule has 3 nitrogen and oxygen atoms in total. The predicted octanol–water partition coefficient (Wildman–Crippen LogP) is 3.90. The second kappa shape index (κ2) is 8.93. The van der Waals surface area contributed by atoms with E-state index in [1.807, 2.05) is 19.9 Å². The van der Waals surface area contributed by atoms with Crippen LogP contribution < -0.4 is 9.47 Å². The summed E-state index contributed by atoms with van der Waals surface area (Å²) >= 11 is 0. The third-order valence-corrected chi connectivity index (χ3v) is 4.00. The quantitative estimate of drug-likeness (QED) is 0.839. The van der Waals surface area contributed by atoms with Gasteiger partial charge < -0.3 is 14.4 Å². The number of ether oxygens (including phenoxy) is 2. The Labute approximate surface area is 129 Å². The Morgan fingerprint density at radius 3 is 2.43 bits per heavy atom. The molecule has 0 aromatic heterocycles. The van der Waals surface area contributed by atoms with Crippen LogP contribution in [0.2, 0.25) is 0 Å². The Balaban J connectivity index is 0.000000774. The van der Waals surface area contributed by atoms with Gasteiger partial charge in [-0.1, -0.05) is 26.3 Å². The van der Waals surface area contributed by atoms with E-state index < -0.39 is 0 Å². The summed E-state index contributed by atoms with van der Waals surface area (Å²) in [5.74, 6) is 1.81. The zero-order valence-corrected chi connectivity index (χ0v) is 13.6. The number of fused-ring (bicyclic) bond motifs is 1. The van der Waals surface area contributed by atoms with Crippen molar-refractivity contribution in [3.8, 4) is 11.5 Å². The lowest BCUT2D eigenvalue weighted by Crippen LogP contribution is -2.30. The van der Waals surface area contributed by atoms with E-state index in [1.165, 1.54) is 50.9 Å². The van der Waals surface area contributed by atoms with Gasteiger partial charge >= 0.3 is 0 Å². The fourth-order valence-electron chi connectivity index (χ4n) is 2.93. The van der Waals surface area contributed by atoms with Crippen molar-refractivity contribution < 1.29 is 9.47 Å². The van der Waals surface area contributed by atoms with Gasteiger partial charge in [-0.05, 0) is 63.0 Å². The van der Waals surface area contributed by atoms with Gasteiger partial charge in [-0.3, -0.25) is 0 Å². The average molecular weight is 291 g/mol. The lowest BCUT2D eigenvalue weighted by Gasteiger charge is -2.26. The number of nitrogens with zero attached hydrogens (tertiary/aromatic N) is 1. The van der Waals surface area contributed by atoms with Crippen molar-refractivity contribution in [2.75, 3.05) is 32.8 Å². The fourth-order valence-corrected chi connectivity index (χ4v) is 2.93. The molecule has 1 fully saturated rings. The largest absolute Gasteiger partial charge is 0.486 e. The highest BCUT2D eigenvalue weighted by Gasteiger charge is 2.12. The molecule has 118 valence electrons. The molecule has 3 heteroatoms. The summed E-state index contributed by atoms with van der Waals surface area (Å²) in [6, 6.07) is 6.36. The number of aryl methyl sites for hydroxylation is 1. The van der Waals surface area contributed by atoms with Gasteiger partial charge in [-0.25, -0.2) is 0 Å². The summed E-state index contributed by atoms with van der Waals surface area (Å²) < 4.78 is 11.2. The van der Waals surface area contributed by atoms with Gasteiger partial charge in [0.05, 0.1) is 0 Å². The summed E-state index contributed by atoms with van der Waals surface area (Å²) in [4.78, 5) is 2.60. The van der Waals surface area contributed by atoms with Gasteiger partial charge in [0, 0.05) is 0 Å². The Morgan fingerprint density at radius 2 is 1.67 bits per heavy atom. The van der Waals surface area contributed by atoms with Crippen molar-refractivity contribution in [3.63, 3.8) is 0 Å². The van der Waals surface area contributed by atoms with E-state index in [1.54, 1.807) is 0 Å². The van der Waals surface area contributed by atoms with Crippen molar-refractivity contribution in [2.45, 2.75) is 46.0 Å². The van der Waals surface area contributed by atoms with Crippen LogP contribution in [0.4, 0.5) is 0 Å². The number of hydrogen-bond donors (Lipinski definition) is 0. The zero-order chi connectivity index (χ0) is 14.9. The molecular formula is C18H29NO2. The molecule has 2 aliphatic heterocycles. The number of likely N-dealkylation sites (tertiary alicyclic amines) is 1. The van der Waals surface area contributed by atoms with E-state index >= 15 is 0 Å². The van der Waals surface area contributed by atoms with Crippen LogP contribution in [0.15, 0.2) is 18.2 Å². The van der Waals surface area contributed by atoms with Gasteiger partial charge in [0.25, 0.3) is 0 Å². The molecule has 0 saturated carbocycles. The molecule has 1 aromatic carbocycles. The minimum absolute atomic E-state index is 0.668. The van der Waals surface area contributed by atoms with Crippen LogP contribution in [0.3, 0.4) is 0 Å². The number of piperidine rings is 1. The topological polar surface area (TPSA) is 21.7 Å². The second-order valence-electron chi connectivity index (χ2n) is 5.48. The van der Waals surface area contributed by atoms with Crippen LogP contribution in [0.1, 0.15) is 45.1 Å². The van der Waals surface area contributed by atoms with E-state index in [2.05, 4.69) is 17.0 Å². The van der Waals surface area contributed by atoms with E-state index in [4.69, 9.17) is 9.47 Å². The van der Waals surface area contributed by atoms with Gasteiger partial charge in [0.2, 0.25) is 0 Å². The Morgan fingerprint density at radius 1 is 0.952 bits per heavy atom. The third-order valence-electron chi connectivity index (χ3n) is 4.00. The van der Waals surface area contributed by atoms with E-state index in [9.17, 15) is 0 Å². The van der Waals surface area contributed by atoms with Crippen LogP contribution in [0.25, 0.3) is 0 Å². The fraction of sp³-hybridized carbons (Fsp3) is 0.667. The maximum absolute atomic E-state index is 5.62. The molecule has 1 saturated heterocycles. The van der Waals surface area contributed by atoms with Crippen LogP contribution in [-0.4, -0.2) is 37.7 Å². The van der Waals surface area contributed by atoms with E-state index in [0.29, 0.717) is 13.2 Å². The van der Waals surface area contributed by atoms with Crippen molar-refractivity contribution in [1.82, 2.24) is 4.90 Å². The summed E-state index contributed by atoms with van der Waals surface area (Å²) in [7, 11) is 0. The highest BCUT2D eigenvalue weighted by Crippen LogP contribution is 2.31. The first-order valence-electron chi connectivity index (χ1n) is 8.53. The minimum atomic E-state index is 0.668. The van der Waals surface area contributed by atoms with Gasteiger partial charge in [-0.15, -0.1) is 0 Å². The molecule has 3 rings (SSSR count). The second-order valence-corrected chi connectivity index (χ2v) is 5.48. The standard InChI is InChI=1S/C16H23NO2.C2H6/c1-2-8-17(9-3-1)10-4-5-14-6-7-15-16(13-14)19-12-11-18-15;1-2/h6-7,13H,1-5,8-12H2;1-2H3. The Kier molecular flexibility index (Phi) is 6.87. The number of benzene rings is 1. The van der Waals surface area contributed by atoms with Gasteiger partial charge in [0.15, 0.2) is 11.5 Å². The van der Waals surface area contributed by atoms with Crippen LogP contribution >= 0.6 is 0 Å². The maximum Gasteiger partial charge on any atom is 0.161 e. The SMILES string of the molecule is CC.c1cc2c(cc1CCCN1CCCCC1)OCCO2. The van der Waals surface area contributed by atoms with Gasteiger partial charge in [-0.2, -0.15) is 0 Å². The normalized spacial score (nSPS) is 17.8. The monoisotopic (exact) mass is 291 g/mol. The van der Waals surface area contributed by atoms with Gasteiger partial charge in [0.1, 0.15) is 13.2 Å². The summed E-state index contributed by atoms with van der Waals surface area (Å²) in [5, 5.41) is 0. The van der Waals surface area contributed by atoms with E-state index in [-0.39, 0.29) is 0 Å². The number of hydrogen-bond acceptors (Lipinski definition) is 3. The maximum atomic E-state index is 5.62. The summed E-state index contributed by atoms with van der Waals surface area (Å²) in [5.41, 5.74) is 1.36. The molecule has 0 atom stereocenters. The molecule has 2 aliphatic rings. The number of rotatable bonds is 4. The zero-order valence-electron chi connectivity index (χ0n) is 13.6. The highest BCUT2D eigenvalue weighted by atomic mass is 16.6. The molecule has 2 heterocycles. The highest BCUT2D eigenvalue weighted by molar-refractivity contribution is 5.43. The lowest BCUT2D eigenvalue weighted by atomic mass is 10.1. The minimum Gasteiger partial charge on any atom is -0.486 e. The average Bonchev–Trinajstić information content (AvgIpc) is 2.58. The van der Waals surface area contributed by atoms with Crippen LogP contribution in [0.5, 0.6) is 11.5 Å². The first-order chi connectivity index (χ1) is 10.4. The van der Waals surface area contributed by atoms with Crippen molar-refractivity contribution in [3.05, 3.63) is 23.8 Å². The molecular weight excluding hydrogens is 262 g/mol. The van der Waals surface area contributed by atoms with Crippen molar-refractivity contribution in [2.24, 2.45) is 0 Å². The molecule has 0 N–H and O–H groups in total. The first kappa shape index (κ1) is 16.2. The van der Waals surface area contributed by atoms with E-state index in [0.717, 1.165) is 17.9 Å². The molecule has 0 bridgehead atoms. The summed E-state index contributed by atoms with van der Waals surface area (Å²) in [6.45, 7) is 9.16. The lowest BCUT2D eigenvalue weighted by molar-refractivity contribution is 0.171. The Hall–Kier alpha value is -1.22. The summed E-state index contributed by atoms with van der Waals surface area (Å²) in [6.07, 6.45) is 6.54. The van der Waals surface area contributed by atoms with Crippen LogP contribution in [0, 0.1) is 0 Å².